The first-order valence-electron chi connectivity index (χ1n) is 7.59. The van der Waals surface area contributed by atoms with Crippen LogP contribution in [0, 0.1) is 0 Å². The Balaban J connectivity index is 1.60. The number of rotatable bonds is 4. The average Bonchev–Trinajstić information content (AvgIpc) is 3.00. The minimum absolute atomic E-state index is 0.176. The second-order valence-electron chi connectivity index (χ2n) is 5.41. The number of nitrogens with one attached hydrogen (secondary N) is 1. The third kappa shape index (κ3) is 4.30. The Bertz CT molecular complexity index is 726. The summed E-state index contributed by atoms with van der Waals surface area (Å²) in [4.78, 5) is 14.2. The fourth-order valence-corrected chi connectivity index (χ4v) is 3.87. The Morgan fingerprint density at radius 3 is 2.78 bits per heavy atom. The molecule has 0 aliphatic heterocycles. The van der Waals surface area contributed by atoms with Crippen LogP contribution < -0.4 is 5.43 Å². The van der Waals surface area contributed by atoms with E-state index in [1.54, 1.807) is 17.4 Å². The van der Waals surface area contributed by atoms with Crippen LogP contribution in [0.25, 0.3) is 6.08 Å². The summed E-state index contributed by atoms with van der Waals surface area (Å²) in [5.74, 6) is -0.176. The van der Waals surface area contributed by atoms with Crippen LogP contribution in [0.15, 0.2) is 46.5 Å². The van der Waals surface area contributed by atoms with Crippen molar-refractivity contribution >= 4 is 41.1 Å². The van der Waals surface area contributed by atoms with Crippen LogP contribution in [0.1, 0.15) is 38.5 Å². The Kier molecular flexibility index (Phi) is 5.26. The molecule has 0 spiro atoms. The highest BCUT2D eigenvalue weighted by molar-refractivity contribution is 7.14. The van der Waals surface area contributed by atoms with Crippen molar-refractivity contribution in [3.8, 4) is 0 Å². The first-order chi connectivity index (χ1) is 11.2. The quantitative estimate of drug-likeness (QED) is 0.638. The molecule has 1 aliphatic carbocycles. The first-order valence-corrected chi connectivity index (χ1v) is 8.79. The largest absolute Gasteiger partial charge is 0.281 e. The van der Waals surface area contributed by atoms with Gasteiger partial charge in [0.25, 0.3) is 5.91 Å². The van der Waals surface area contributed by atoms with Gasteiger partial charge in [0, 0.05) is 4.88 Å². The molecule has 1 aliphatic rings. The Morgan fingerprint density at radius 1 is 1.22 bits per heavy atom. The van der Waals surface area contributed by atoms with E-state index in [1.165, 1.54) is 29.5 Å². The molecule has 0 atom stereocenters. The van der Waals surface area contributed by atoms with Crippen molar-refractivity contribution in [2.75, 3.05) is 0 Å². The smallest absolute Gasteiger partial charge is 0.266 e. The van der Waals surface area contributed by atoms with Gasteiger partial charge in [-0.1, -0.05) is 41.9 Å². The number of amides is 1. The predicted molar refractivity (Wildman–Crippen MR) is 97.2 cm³/mol. The molecule has 3 nitrogen and oxygen atoms in total. The molecule has 0 bridgehead atoms. The number of allylic oxidation sites excluding steroid dienone is 1. The number of carbonyl (C=O) groups is 1. The zero-order valence-electron chi connectivity index (χ0n) is 12.6. The van der Waals surface area contributed by atoms with Crippen molar-refractivity contribution in [3.05, 3.63) is 62.3 Å². The lowest BCUT2D eigenvalue weighted by molar-refractivity contribution is 0.0959. The molecular formula is C18H17ClN2OS. The molecule has 1 N–H and O–H groups in total. The first kappa shape index (κ1) is 16.0. The van der Waals surface area contributed by atoms with Gasteiger partial charge in [-0.05, 0) is 49.0 Å². The molecule has 1 amide bonds. The molecule has 5 heteroatoms. The Labute approximate surface area is 144 Å². The number of hydrogen-bond acceptors (Lipinski definition) is 3. The van der Waals surface area contributed by atoms with Gasteiger partial charge in [0.2, 0.25) is 0 Å². The van der Waals surface area contributed by atoms with Crippen LogP contribution in [0.4, 0.5) is 0 Å². The minimum atomic E-state index is -0.176. The molecule has 0 saturated heterocycles. The topological polar surface area (TPSA) is 41.5 Å². The van der Waals surface area contributed by atoms with E-state index in [9.17, 15) is 4.79 Å². The summed E-state index contributed by atoms with van der Waals surface area (Å²) in [5, 5.41) is 4.39. The van der Waals surface area contributed by atoms with Crippen molar-refractivity contribution in [2.24, 2.45) is 5.10 Å². The van der Waals surface area contributed by atoms with Crippen molar-refractivity contribution in [2.45, 2.75) is 25.7 Å². The van der Waals surface area contributed by atoms with Crippen molar-refractivity contribution < 1.29 is 4.79 Å². The predicted octanol–water partition coefficient (Wildman–Crippen LogP) is 4.62. The average molecular weight is 345 g/mol. The third-order valence-corrected chi connectivity index (χ3v) is 5.12. The van der Waals surface area contributed by atoms with Gasteiger partial charge in [0.15, 0.2) is 0 Å². The van der Waals surface area contributed by atoms with Gasteiger partial charge >= 0.3 is 0 Å². The number of aryl methyl sites for hydroxylation is 2. The zero-order chi connectivity index (χ0) is 16.1. The van der Waals surface area contributed by atoms with E-state index in [-0.39, 0.29) is 5.91 Å². The number of benzene rings is 1. The summed E-state index contributed by atoms with van der Waals surface area (Å²) in [5.41, 5.74) is 4.84. The maximum atomic E-state index is 12.1. The van der Waals surface area contributed by atoms with Crippen LogP contribution in [-0.4, -0.2) is 12.1 Å². The molecule has 1 aromatic carbocycles. The summed E-state index contributed by atoms with van der Waals surface area (Å²) in [6.45, 7) is 0. The van der Waals surface area contributed by atoms with Crippen LogP contribution in [-0.2, 0) is 12.8 Å². The lowest BCUT2D eigenvalue weighted by Gasteiger charge is -2.08. The number of halogens is 1. The van der Waals surface area contributed by atoms with E-state index < -0.39 is 0 Å². The van der Waals surface area contributed by atoms with Crippen LogP contribution in [0.2, 0.25) is 0 Å². The summed E-state index contributed by atoms with van der Waals surface area (Å²) in [7, 11) is 0. The van der Waals surface area contributed by atoms with Crippen LogP contribution in [0.3, 0.4) is 0 Å². The second kappa shape index (κ2) is 7.57. The summed E-state index contributed by atoms with van der Waals surface area (Å²) in [6.07, 6.45) is 7.83. The number of nitrogens with zero attached hydrogens (tertiary/aromatic N) is 1. The minimum Gasteiger partial charge on any atom is -0.266 e. The lowest BCUT2D eigenvalue weighted by Crippen LogP contribution is -2.16. The molecular weight excluding hydrogens is 328 g/mol. The van der Waals surface area contributed by atoms with E-state index in [2.05, 4.69) is 10.5 Å². The molecule has 118 valence electrons. The normalized spacial score (nSPS) is 14.7. The molecule has 2 aromatic rings. The SMILES string of the molecule is O=C(N/N=C\C(Cl)=C/c1ccccc1)c1cc2c(s1)CCCC2. The third-order valence-electron chi connectivity index (χ3n) is 3.68. The number of hydrazone groups is 1. The summed E-state index contributed by atoms with van der Waals surface area (Å²) >= 11 is 7.66. The monoisotopic (exact) mass is 344 g/mol. The molecule has 23 heavy (non-hydrogen) atoms. The Morgan fingerprint density at radius 2 is 2.00 bits per heavy atom. The fourth-order valence-electron chi connectivity index (χ4n) is 2.56. The van der Waals surface area contributed by atoms with Crippen molar-refractivity contribution in [1.29, 1.82) is 0 Å². The van der Waals surface area contributed by atoms with Crippen LogP contribution >= 0.6 is 22.9 Å². The highest BCUT2D eigenvalue weighted by atomic mass is 35.5. The number of carbonyl (C=O) groups excluding carboxylic acids is 1. The zero-order valence-corrected chi connectivity index (χ0v) is 14.2. The van der Waals surface area contributed by atoms with Gasteiger partial charge in [0.1, 0.15) is 0 Å². The maximum Gasteiger partial charge on any atom is 0.281 e. The van der Waals surface area contributed by atoms with E-state index in [0.29, 0.717) is 5.03 Å². The van der Waals surface area contributed by atoms with E-state index in [4.69, 9.17) is 11.6 Å². The molecule has 3 rings (SSSR count). The standard InChI is InChI=1S/C18H17ClN2OS/c19-15(10-13-6-2-1-3-7-13)12-20-21-18(22)17-11-14-8-4-5-9-16(14)23-17/h1-3,6-7,10-12H,4-5,8-9H2,(H,21,22)/b15-10+,20-12-. The van der Waals surface area contributed by atoms with Gasteiger partial charge in [-0.2, -0.15) is 5.10 Å². The van der Waals surface area contributed by atoms with Crippen LogP contribution in [0.5, 0.6) is 0 Å². The second-order valence-corrected chi connectivity index (χ2v) is 6.98. The molecule has 1 aromatic heterocycles. The van der Waals surface area contributed by atoms with Gasteiger partial charge in [-0.3, -0.25) is 4.79 Å². The molecule has 0 fully saturated rings. The van der Waals surface area contributed by atoms with Crippen molar-refractivity contribution in [1.82, 2.24) is 5.43 Å². The summed E-state index contributed by atoms with van der Waals surface area (Å²) in [6, 6.07) is 11.7. The van der Waals surface area contributed by atoms with Crippen molar-refractivity contribution in [3.63, 3.8) is 0 Å². The van der Waals surface area contributed by atoms with Gasteiger partial charge in [-0.15, -0.1) is 11.3 Å². The summed E-state index contributed by atoms with van der Waals surface area (Å²) < 4.78 is 0. The molecule has 0 saturated carbocycles. The Hall–Kier alpha value is -1.91. The van der Waals surface area contributed by atoms with E-state index in [0.717, 1.165) is 23.3 Å². The van der Waals surface area contributed by atoms with E-state index in [1.807, 2.05) is 36.4 Å². The highest BCUT2D eigenvalue weighted by Crippen LogP contribution is 2.29. The molecule has 1 heterocycles. The van der Waals surface area contributed by atoms with E-state index >= 15 is 0 Å². The molecule has 0 unspecified atom stereocenters. The lowest BCUT2D eigenvalue weighted by atomic mass is 9.99. The van der Waals surface area contributed by atoms with Gasteiger partial charge in [0.05, 0.1) is 16.1 Å². The highest BCUT2D eigenvalue weighted by Gasteiger charge is 2.16. The molecule has 0 radical (unpaired) electrons. The number of thiophene rings is 1. The number of hydrogen-bond donors (Lipinski definition) is 1. The maximum absolute atomic E-state index is 12.1. The number of fused-ring (bicyclic) bond motifs is 1. The van der Waals surface area contributed by atoms with Gasteiger partial charge in [-0.25, -0.2) is 5.43 Å². The van der Waals surface area contributed by atoms with Gasteiger partial charge < -0.3 is 0 Å². The fraction of sp³-hybridized carbons (Fsp3) is 0.222.